The summed E-state index contributed by atoms with van der Waals surface area (Å²) in [5.41, 5.74) is 2.44. The number of fused-ring (bicyclic) bond motifs is 1. The maximum Gasteiger partial charge on any atom is 0.260 e. The number of aromatic nitrogens is 1. The quantitative estimate of drug-likeness (QED) is 0.702. The van der Waals surface area contributed by atoms with Gasteiger partial charge in [0, 0.05) is 30.6 Å². The van der Waals surface area contributed by atoms with E-state index in [9.17, 15) is 9.90 Å². The van der Waals surface area contributed by atoms with E-state index in [1.54, 1.807) is 19.3 Å². The molecule has 0 atom stereocenters. The van der Waals surface area contributed by atoms with E-state index in [0.29, 0.717) is 16.3 Å². The number of nitrogens with zero attached hydrogens (tertiary/aromatic N) is 3. The zero-order valence-electron chi connectivity index (χ0n) is 16.1. The number of hydrogen-bond donors (Lipinski definition) is 1. The molecule has 0 aliphatic carbocycles. The molecule has 1 aliphatic rings. The molecule has 0 amide bonds. The summed E-state index contributed by atoms with van der Waals surface area (Å²) in [5.74, 6) is -0.0748. The van der Waals surface area contributed by atoms with Gasteiger partial charge in [-0.3, -0.25) is 19.3 Å². The highest BCUT2D eigenvalue weighted by molar-refractivity contribution is 6.02. The number of benzene rings is 2. The highest BCUT2D eigenvalue weighted by atomic mass is 16.3. The molecule has 144 valence electrons. The van der Waals surface area contributed by atoms with Crippen LogP contribution in [-0.4, -0.2) is 33.9 Å². The number of aromatic hydroxyl groups is 1. The molecule has 28 heavy (non-hydrogen) atoms. The van der Waals surface area contributed by atoms with Gasteiger partial charge in [-0.05, 0) is 49.7 Å². The summed E-state index contributed by atoms with van der Waals surface area (Å²) < 4.78 is 1.26. The van der Waals surface area contributed by atoms with Gasteiger partial charge >= 0.3 is 0 Å². The number of aliphatic imine (C=N–C) groups is 1. The standard InChI is InChI=1S/C23H25N3O2/c1-25-22(27)20-8-4-3-7-19(20)21(23(25)28)15-24-18-11-9-17(10-12-18)16-26-13-5-2-6-14-26/h3-4,7-12,15,28H,2,5-6,13-14,16H2,1H3. The first-order valence-corrected chi connectivity index (χ1v) is 9.79. The molecule has 0 saturated carbocycles. The summed E-state index contributed by atoms with van der Waals surface area (Å²) in [6, 6.07) is 15.5. The van der Waals surface area contributed by atoms with Gasteiger partial charge in [0.15, 0.2) is 0 Å². The third kappa shape index (κ3) is 3.71. The molecule has 5 nitrogen and oxygen atoms in total. The van der Waals surface area contributed by atoms with E-state index in [1.807, 2.05) is 30.3 Å². The Morgan fingerprint density at radius 3 is 2.39 bits per heavy atom. The van der Waals surface area contributed by atoms with Crippen LogP contribution in [0.3, 0.4) is 0 Å². The van der Waals surface area contributed by atoms with Gasteiger partial charge in [0.05, 0.1) is 11.3 Å². The molecule has 1 saturated heterocycles. The van der Waals surface area contributed by atoms with E-state index >= 15 is 0 Å². The Labute approximate surface area is 164 Å². The van der Waals surface area contributed by atoms with E-state index in [0.717, 1.165) is 12.2 Å². The first kappa shape index (κ1) is 18.4. The monoisotopic (exact) mass is 375 g/mol. The van der Waals surface area contributed by atoms with Crippen molar-refractivity contribution in [2.75, 3.05) is 13.1 Å². The van der Waals surface area contributed by atoms with Crippen LogP contribution in [0.1, 0.15) is 30.4 Å². The zero-order valence-corrected chi connectivity index (χ0v) is 16.1. The number of likely N-dealkylation sites (tertiary alicyclic amines) is 1. The molecule has 1 fully saturated rings. The van der Waals surface area contributed by atoms with Crippen molar-refractivity contribution in [2.45, 2.75) is 25.8 Å². The van der Waals surface area contributed by atoms with E-state index in [-0.39, 0.29) is 11.4 Å². The van der Waals surface area contributed by atoms with Crippen molar-refractivity contribution in [2.24, 2.45) is 12.0 Å². The van der Waals surface area contributed by atoms with Crippen LogP contribution in [-0.2, 0) is 13.6 Å². The normalized spacial score (nSPS) is 15.5. The van der Waals surface area contributed by atoms with Crippen molar-refractivity contribution in [3.8, 4) is 5.88 Å². The molecule has 1 aliphatic heterocycles. The van der Waals surface area contributed by atoms with Crippen LogP contribution in [0.2, 0.25) is 0 Å². The minimum absolute atomic E-state index is 0.0748. The minimum atomic E-state index is -0.215. The summed E-state index contributed by atoms with van der Waals surface area (Å²) in [4.78, 5) is 19.4. The smallest absolute Gasteiger partial charge is 0.260 e. The molecule has 2 heterocycles. The Morgan fingerprint density at radius 1 is 1.00 bits per heavy atom. The zero-order chi connectivity index (χ0) is 19.5. The highest BCUT2D eigenvalue weighted by Gasteiger charge is 2.12. The van der Waals surface area contributed by atoms with Crippen LogP contribution in [0.4, 0.5) is 5.69 Å². The molecule has 1 N–H and O–H groups in total. The summed E-state index contributed by atoms with van der Waals surface area (Å²) in [7, 11) is 1.57. The topological polar surface area (TPSA) is 57.8 Å². The van der Waals surface area contributed by atoms with Crippen molar-refractivity contribution in [3.63, 3.8) is 0 Å². The lowest BCUT2D eigenvalue weighted by atomic mass is 10.1. The molecule has 5 heteroatoms. The Morgan fingerprint density at radius 2 is 1.68 bits per heavy atom. The first-order chi connectivity index (χ1) is 13.6. The minimum Gasteiger partial charge on any atom is -0.494 e. The number of pyridine rings is 1. The van der Waals surface area contributed by atoms with Crippen LogP contribution in [0, 0.1) is 0 Å². The fraction of sp³-hybridized carbons (Fsp3) is 0.304. The lowest BCUT2D eigenvalue weighted by molar-refractivity contribution is 0.221. The lowest BCUT2D eigenvalue weighted by Gasteiger charge is -2.26. The second-order valence-electron chi connectivity index (χ2n) is 7.41. The van der Waals surface area contributed by atoms with Gasteiger partial charge in [-0.1, -0.05) is 36.8 Å². The van der Waals surface area contributed by atoms with E-state index in [2.05, 4.69) is 22.0 Å². The average molecular weight is 375 g/mol. The third-order valence-electron chi connectivity index (χ3n) is 5.44. The van der Waals surface area contributed by atoms with Crippen LogP contribution in [0.5, 0.6) is 5.88 Å². The van der Waals surface area contributed by atoms with Gasteiger partial charge in [0.1, 0.15) is 0 Å². The molecular weight excluding hydrogens is 350 g/mol. The fourth-order valence-corrected chi connectivity index (χ4v) is 3.81. The predicted molar refractivity (Wildman–Crippen MR) is 114 cm³/mol. The van der Waals surface area contributed by atoms with E-state index in [1.165, 1.54) is 42.5 Å². The van der Waals surface area contributed by atoms with E-state index < -0.39 is 0 Å². The number of hydrogen-bond acceptors (Lipinski definition) is 4. The van der Waals surface area contributed by atoms with Crippen LogP contribution < -0.4 is 5.56 Å². The Hall–Kier alpha value is -2.92. The largest absolute Gasteiger partial charge is 0.494 e. The summed E-state index contributed by atoms with van der Waals surface area (Å²) >= 11 is 0. The summed E-state index contributed by atoms with van der Waals surface area (Å²) in [6.07, 6.45) is 5.56. The van der Waals surface area contributed by atoms with E-state index in [4.69, 9.17) is 0 Å². The van der Waals surface area contributed by atoms with Crippen molar-refractivity contribution in [1.29, 1.82) is 0 Å². The summed E-state index contributed by atoms with van der Waals surface area (Å²) in [5, 5.41) is 11.7. The first-order valence-electron chi connectivity index (χ1n) is 9.79. The molecule has 1 aromatic heterocycles. The Bertz CT molecular complexity index is 1060. The fourth-order valence-electron chi connectivity index (χ4n) is 3.81. The molecular formula is C23H25N3O2. The SMILES string of the molecule is Cn1c(O)c(C=Nc2ccc(CN3CCCCC3)cc2)c2ccccc2c1=O. The molecule has 4 rings (SSSR count). The molecule has 3 aromatic rings. The Balaban J connectivity index is 1.58. The predicted octanol–water partition coefficient (Wildman–Crippen LogP) is 3.98. The maximum atomic E-state index is 12.3. The van der Waals surface area contributed by atoms with Gasteiger partial charge in [0.25, 0.3) is 5.56 Å². The highest BCUT2D eigenvalue weighted by Crippen LogP contribution is 2.23. The van der Waals surface area contributed by atoms with Crippen molar-refractivity contribution in [1.82, 2.24) is 9.47 Å². The summed E-state index contributed by atoms with van der Waals surface area (Å²) in [6.45, 7) is 3.34. The number of rotatable bonds is 4. The van der Waals surface area contributed by atoms with Gasteiger partial charge in [-0.25, -0.2) is 0 Å². The van der Waals surface area contributed by atoms with Crippen LogP contribution >= 0.6 is 0 Å². The van der Waals surface area contributed by atoms with Gasteiger partial charge < -0.3 is 5.11 Å². The molecule has 0 radical (unpaired) electrons. The van der Waals surface area contributed by atoms with Gasteiger partial charge in [-0.2, -0.15) is 0 Å². The molecule has 0 bridgehead atoms. The van der Waals surface area contributed by atoms with Crippen molar-refractivity contribution in [3.05, 3.63) is 70.0 Å². The Kier molecular flexibility index (Phi) is 5.26. The lowest BCUT2D eigenvalue weighted by Crippen LogP contribution is -2.28. The van der Waals surface area contributed by atoms with Crippen molar-refractivity contribution >= 4 is 22.7 Å². The third-order valence-corrected chi connectivity index (χ3v) is 5.44. The van der Waals surface area contributed by atoms with Gasteiger partial charge in [-0.15, -0.1) is 0 Å². The maximum absolute atomic E-state index is 12.3. The van der Waals surface area contributed by atoms with Crippen LogP contribution in [0.25, 0.3) is 10.8 Å². The van der Waals surface area contributed by atoms with Crippen molar-refractivity contribution < 1.29 is 5.11 Å². The number of piperidine rings is 1. The van der Waals surface area contributed by atoms with Crippen LogP contribution in [0.15, 0.2) is 58.3 Å². The second kappa shape index (κ2) is 7.98. The molecule has 2 aromatic carbocycles. The molecule has 0 unspecified atom stereocenters. The molecule has 0 spiro atoms. The second-order valence-corrected chi connectivity index (χ2v) is 7.41. The van der Waals surface area contributed by atoms with Gasteiger partial charge in [0.2, 0.25) is 5.88 Å². The average Bonchev–Trinajstić information content (AvgIpc) is 2.74.